The summed E-state index contributed by atoms with van der Waals surface area (Å²) in [5.74, 6) is 1.25. The van der Waals surface area contributed by atoms with Crippen LogP contribution in [0.15, 0.2) is 53.4 Å². The van der Waals surface area contributed by atoms with E-state index in [2.05, 4.69) is 10.2 Å². The summed E-state index contributed by atoms with van der Waals surface area (Å²) in [7, 11) is -1.87. The number of benzene rings is 2. The van der Waals surface area contributed by atoms with E-state index in [9.17, 15) is 8.42 Å². The van der Waals surface area contributed by atoms with E-state index in [-0.39, 0.29) is 0 Å². The number of nitrogens with one attached hydrogen (secondary N) is 1. The molecule has 0 aliphatic carbocycles. The summed E-state index contributed by atoms with van der Waals surface area (Å²) in [6.45, 7) is 1.16. The highest BCUT2D eigenvalue weighted by Crippen LogP contribution is 2.29. The summed E-state index contributed by atoms with van der Waals surface area (Å²) in [6.07, 6.45) is 2.90. The monoisotopic (exact) mass is 430 g/mol. The second-order valence-electron chi connectivity index (χ2n) is 6.85. The van der Waals surface area contributed by atoms with E-state index in [4.69, 9.17) is 17.0 Å². The standard InChI is InChI=1S/C20H22N4O3S2/c1-27-18-8-4-3-7-17(18)24-19(21-22-20(24)28)15-9-11-16(12-10-15)29(25,26)23-13-5-2-6-14-23/h3-4,7-12H,2,5-6,13-14H2,1H3,(H,22,28). The van der Waals surface area contributed by atoms with Crippen LogP contribution in [0, 0.1) is 4.77 Å². The van der Waals surface area contributed by atoms with Gasteiger partial charge >= 0.3 is 0 Å². The lowest BCUT2D eigenvalue weighted by atomic mass is 10.2. The van der Waals surface area contributed by atoms with Crippen molar-refractivity contribution in [3.8, 4) is 22.8 Å². The van der Waals surface area contributed by atoms with Crippen LogP contribution in [0.3, 0.4) is 0 Å². The quantitative estimate of drug-likeness (QED) is 0.623. The van der Waals surface area contributed by atoms with E-state index in [1.54, 1.807) is 40.2 Å². The number of rotatable bonds is 5. The van der Waals surface area contributed by atoms with Crippen LogP contribution in [0.1, 0.15) is 19.3 Å². The van der Waals surface area contributed by atoms with Crippen LogP contribution in [0.25, 0.3) is 17.1 Å². The summed E-state index contributed by atoms with van der Waals surface area (Å²) in [5.41, 5.74) is 1.51. The summed E-state index contributed by atoms with van der Waals surface area (Å²) >= 11 is 5.42. The maximum Gasteiger partial charge on any atom is 0.243 e. The Hall–Kier alpha value is -2.49. The second-order valence-corrected chi connectivity index (χ2v) is 9.17. The zero-order valence-electron chi connectivity index (χ0n) is 16.0. The Morgan fingerprint density at radius 1 is 1.03 bits per heavy atom. The fraction of sp³-hybridized carbons (Fsp3) is 0.300. The third-order valence-corrected chi connectivity index (χ3v) is 7.25. The molecule has 0 radical (unpaired) electrons. The number of H-pyrrole nitrogens is 1. The minimum absolute atomic E-state index is 0.293. The number of hydrogen-bond donors (Lipinski definition) is 1. The molecule has 2 heterocycles. The molecule has 7 nitrogen and oxygen atoms in total. The summed E-state index contributed by atoms with van der Waals surface area (Å²) in [5, 5.41) is 7.17. The normalized spacial score (nSPS) is 15.3. The molecular formula is C20H22N4O3S2. The Morgan fingerprint density at radius 2 is 1.72 bits per heavy atom. The minimum Gasteiger partial charge on any atom is -0.495 e. The molecule has 1 aromatic heterocycles. The van der Waals surface area contributed by atoms with Crippen molar-refractivity contribution in [2.75, 3.05) is 20.2 Å². The highest BCUT2D eigenvalue weighted by molar-refractivity contribution is 7.89. The Bertz CT molecular complexity index is 1160. The van der Waals surface area contributed by atoms with Gasteiger partial charge in [0.05, 0.1) is 17.7 Å². The third kappa shape index (κ3) is 3.73. The Labute approximate surface area is 175 Å². The molecule has 0 amide bonds. The predicted octanol–water partition coefficient (Wildman–Crippen LogP) is 3.78. The molecule has 0 spiro atoms. The van der Waals surface area contributed by atoms with E-state index >= 15 is 0 Å². The zero-order chi connectivity index (χ0) is 20.4. The fourth-order valence-corrected chi connectivity index (χ4v) is 5.31. The van der Waals surface area contributed by atoms with Crippen molar-refractivity contribution in [2.45, 2.75) is 24.2 Å². The van der Waals surface area contributed by atoms with Gasteiger partial charge in [-0.15, -0.1) is 0 Å². The average Bonchev–Trinajstić information content (AvgIpc) is 3.15. The molecule has 1 N–H and O–H groups in total. The summed E-state index contributed by atoms with van der Waals surface area (Å²) in [4.78, 5) is 0.293. The van der Waals surface area contributed by atoms with Gasteiger partial charge in [0.15, 0.2) is 10.6 Å². The SMILES string of the molecule is COc1ccccc1-n1c(-c2ccc(S(=O)(=O)N3CCCCC3)cc2)n[nH]c1=S. The van der Waals surface area contributed by atoms with Crippen molar-refractivity contribution in [1.82, 2.24) is 19.1 Å². The van der Waals surface area contributed by atoms with Gasteiger partial charge in [-0.2, -0.15) is 9.40 Å². The first-order chi connectivity index (χ1) is 14.0. The van der Waals surface area contributed by atoms with Crippen LogP contribution in [-0.4, -0.2) is 47.7 Å². The van der Waals surface area contributed by atoms with Gasteiger partial charge in [0.25, 0.3) is 0 Å². The molecule has 9 heteroatoms. The Kier molecular flexibility index (Phi) is 5.53. The topological polar surface area (TPSA) is 80.2 Å². The van der Waals surface area contributed by atoms with Crippen LogP contribution in [0.4, 0.5) is 0 Å². The van der Waals surface area contributed by atoms with Crippen molar-refractivity contribution in [1.29, 1.82) is 0 Å². The molecule has 29 heavy (non-hydrogen) atoms. The fourth-order valence-electron chi connectivity index (χ4n) is 3.56. The van der Waals surface area contributed by atoms with Gasteiger partial charge in [0.2, 0.25) is 10.0 Å². The van der Waals surface area contributed by atoms with Crippen molar-refractivity contribution in [3.05, 3.63) is 53.3 Å². The van der Waals surface area contributed by atoms with Gasteiger partial charge < -0.3 is 4.74 Å². The number of ether oxygens (including phenoxy) is 1. The number of aromatic nitrogens is 3. The van der Waals surface area contributed by atoms with E-state index < -0.39 is 10.0 Å². The van der Waals surface area contributed by atoms with E-state index in [0.717, 1.165) is 30.5 Å². The summed E-state index contributed by atoms with van der Waals surface area (Å²) in [6, 6.07) is 14.3. The molecule has 3 aromatic rings. The second kappa shape index (κ2) is 8.10. The average molecular weight is 431 g/mol. The molecule has 0 bridgehead atoms. The first-order valence-corrected chi connectivity index (χ1v) is 11.3. The summed E-state index contributed by atoms with van der Waals surface area (Å²) < 4.78 is 35.0. The largest absolute Gasteiger partial charge is 0.495 e. The van der Waals surface area contributed by atoms with Crippen molar-refractivity contribution >= 4 is 22.2 Å². The van der Waals surface area contributed by atoms with Gasteiger partial charge in [-0.3, -0.25) is 9.67 Å². The van der Waals surface area contributed by atoms with Crippen LogP contribution >= 0.6 is 12.2 Å². The minimum atomic E-state index is -3.47. The molecule has 2 aromatic carbocycles. The van der Waals surface area contributed by atoms with Crippen molar-refractivity contribution < 1.29 is 13.2 Å². The van der Waals surface area contributed by atoms with Crippen LogP contribution in [0.5, 0.6) is 5.75 Å². The van der Waals surface area contributed by atoms with Gasteiger partial charge in [-0.1, -0.05) is 18.6 Å². The maximum absolute atomic E-state index is 12.9. The highest BCUT2D eigenvalue weighted by atomic mass is 32.2. The molecule has 1 saturated heterocycles. The smallest absolute Gasteiger partial charge is 0.243 e. The molecule has 0 atom stereocenters. The van der Waals surface area contributed by atoms with E-state index in [1.165, 1.54) is 0 Å². The van der Waals surface area contributed by atoms with Crippen LogP contribution in [-0.2, 0) is 10.0 Å². The lowest BCUT2D eigenvalue weighted by Gasteiger charge is -2.25. The molecule has 0 saturated carbocycles. The predicted molar refractivity (Wildman–Crippen MR) is 113 cm³/mol. The van der Waals surface area contributed by atoms with E-state index in [0.29, 0.717) is 34.3 Å². The van der Waals surface area contributed by atoms with E-state index in [1.807, 2.05) is 24.3 Å². The highest BCUT2D eigenvalue weighted by Gasteiger charge is 2.26. The molecule has 1 fully saturated rings. The molecule has 1 aliphatic heterocycles. The number of aromatic amines is 1. The van der Waals surface area contributed by atoms with Crippen molar-refractivity contribution in [3.63, 3.8) is 0 Å². The molecule has 4 rings (SSSR count). The van der Waals surface area contributed by atoms with Gasteiger partial charge in [0, 0.05) is 18.7 Å². The van der Waals surface area contributed by atoms with Crippen molar-refractivity contribution in [2.24, 2.45) is 0 Å². The van der Waals surface area contributed by atoms with Gasteiger partial charge in [-0.05, 0) is 61.5 Å². The number of hydrogen-bond acceptors (Lipinski definition) is 5. The molecule has 1 aliphatic rings. The number of para-hydroxylation sites is 2. The maximum atomic E-state index is 12.9. The molecular weight excluding hydrogens is 408 g/mol. The van der Waals surface area contributed by atoms with Crippen LogP contribution < -0.4 is 4.74 Å². The Morgan fingerprint density at radius 3 is 2.41 bits per heavy atom. The number of methoxy groups -OCH3 is 1. The molecule has 0 unspecified atom stereocenters. The first-order valence-electron chi connectivity index (χ1n) is 9.44. The van der Waals surface area contributed by atoms with Crippen LogP contribution in [0.2, 0.25) is 0 Å². The number of sulfonamides is 1. The van der Waals surface area contributed by atoms with Gasteiger partial charge in [0.1, 0.15) is 5.75 Å². The van der Waals surface area contributed by atoms with Gasteiger partial charge in [-0.25, -0.2) is 8.42 Å². The third-order valence-electron chi connectivity index (χ3n) is 5.06. The lowest BCUT2D eigenvalue weighted by Crippen LogP contribution is -2.35. The number of piperidine rings is 1. The first kappa shape index (κ1) is 19.8. The zero-order valence-corrected chi connectivity index (χ0v) is 17.7. The Balaban J connectivity index is 1.72. The molecule has 152 valence electrons. The lowest BCUT2D eigenvalue weighted by molar-refractivity contribution is 0.346. The number of nitrogens with zero attached hydrogens (tertiary/aromatic N) is 3.